The minimum Gasteiger partial charge on any atom is -0.387 e. The number of rotatable bonds is 4. The molecule has 4 heteroatoms. The van der Waals surface area contributed by atoms with Crippen LogP contribution in [0.4, 0.5) is 0 Å². The summed E-state index contributed by atoms with van der Waals surface area (Å²) < 4.78 is 1.06. The smallest absolute Gasteiger partial charge is 0.0945 e. The SMILES string of the molecule is CNCC(C)(C)C(O)c1ccc(Br)s1. The number of nitrogens with one attached hydrogen (secondary N) is 1. The van der Waals surface area contributed by atoms with Crippen molar-refractivity contribution in [3.05, 3.63) is 20.8 Å². The summed E-state index contributed by atoms with van der Waals surface area (Å²) in [4.78, 5) is 1.01. The van der Waals surface area contributed by atoms with Crippen LogP contribution in [-0.4, -0.2) is 18.7 Å². The van der Waals surface area contributed by atoms with Crippen molar-refractivity contribution in [3.8, 4) is 0 Å². The van der Waals surface area contributed by atoms with E-state index in [0.29, 0.717) is 0 Å². The van der Waals surface area contributed by atoms with E-state index in [1.807, 2.05) is 19.2 Å². The van der Waals surface area contributed by atoms with Gasteiger partial charge in [0.05, 0.1) is 9.89 Å². The van der Waals surface area contributed by atoms with Crippen molar-refractivity contribution in [2.75, 3.05) is 13.6 Å². The van der Waals surface area contributed by atoms with Crippen molar-refractivity contribution in [2.24, 2.45) is 5.41 Å². The number of hydrogen-bond donors (Lipinski definition) is 2. The van der Waals surface area contributed by atoms with Gasteiger partial charge in [-0.2, -0.15) is 0 Å². The fourth-order valence-electron chi connectivity index (χ4n) is 1.41. The lowest BCUT2D eigenvalue weighted by molar-refractivity contribution is 0.0536. The van der Waals surface area contributed by atoms with Gasteiger partial charge in [-0.1, -0.05) is 13.8 Å². The van der Waals surface area contributed by atoms with E-state index >= 15 is 0 Å². The molecule has 0 aromatic carbocycles. The minimum atomic E-state index is -0.411. The largest absolute Gasteiger partial charge is 0.387 e. The third-order valence-corrected chi connectivity index (χ3v) is 3.91. The van der Waals surface area contributed by atoms with Gasteiger partial charge in [0.2, 0.25) is 0 Å². The maximum Gasteiger partial charge on any atom is 0.0945 e. The molecule has 0 fully saturated rings. The second-order valence-corrected chi connectivity index (χ2v) is 6.56. The maximum absolute atomic E-state index is 10.1. The minimum absolute atomic E-state index is 0.140. The van der Waals surface area contributed by atoms with Gasteiger partial charge >= 0.3 is 0 Å². The van der Waals surface area contributed by atoms with Crippen molar-refractivity contribution in [2.45, 2.75) is 20.0 Å². The summed E-state index contributed by atoms with van der Waals surface area (Å²) in [5.41, 5.74) is -0.140. The summed E-state index contributed by atoms with van der Waals surface area (Å²) in [7, 11) is 1.90. The van der Waals surface area contributed by atoms with Crippen LogP contribution in [-0.2, 0) is 0 Å². The van der Waals surface area contributed by atoms with Crippen molar-refractivity contribution in [1.82, 2.24) is 5.32 Å². The van der Waals surface area contributed by atoms with Crippen molar-refractivity contribution in [1.29, 1.82) is 0 Å². The third kappa shape index (κ3) is 2.79. The van der Waals surface area contributed by atoms with Crippen LogP contribution >= 0.6 is 27.3 Å². The lowest BCUT2D eigenvalue weighted by atomic mass is 9.85. The Kier molecular flexibility index (Phi) is 4.13. The van der Waals surface area contributed by atoms with Crippen molar-refractivity contribution in [3.63, 3.8) is 0 Å². The first-order chi connectivity index (χ1) is 6.47. The van der Waals surface area contributed by atoms with Crippen LogP contribution in [0.2, 0.25) is 0 Å². The summed E-state index contributed by atoms with van der Waals surface area (Å²) in [6.07, 6.45) is -0.411. The summed E-state index contributed by atoms with van der Waals surface area (Å²) in [6, 6.07) is 3.94. The Bertz CT molecular complexity index is 298. The Morgan fingerprint density at radius 1 is 1.57 bits per heavy atom. The van der Waals surface area contributed by atoms with Gasteiger partial charge in [-0.05, 0) is 35.1 Å². The molecule has 1 aromatic heterocycles. The molecule has 1 atom stereocenters. The van der Waals surface area contributed by atoms with Crippen LogP contribution in [0.25, 0.3) is 0 Å². The highest BCUT2D eigenvalue weighted by molar-refractivity contribution is 9.11. The molecule has 0 radical (unpaired) electrons. The molecule has 1 rings (SSSR count). The van der Waals surface area contributed by atoms with E-state index in [9.17, 15) is 5.11 Å². The number of aliphatic hydroxyl groups is 1. The zero-order valence-corrected chi connectivity index (χ0v) is 11.1. The molecule has 1 unspecified atom stereocenters. The number of aliphatic hydroxyl groups excluding tert-OH is 1. The standard InChI is InChI=1S/C10H16BrNOS/c1-10(2,6-12-3)9(13)7-4-5-8(11)14-7/h4-5,9,12-13H,6H2,1-3H3. The van der Waals surface area contributed by atoms with E-state index in [0.717, 1.165) is 15.2 Å². The second-order valence-electron chi connectivity index (χ2n) is 4.06. The molecule has 0 saturated carbocycles. The first-order valence-electron chi connectivity index (χ1n) is 4.55. The quantitative estimate of drug-likeness (QED) is 0.887. The lowest BCUT2D eigenvalue weighted by Gasteiger charge is -2.29. The van der Waals surface area contributed by atoms with Crippen LogP contribution in [0, 0.1) is 5.41 Å². The van der Waals surface area contributed by atoms with E-state index in [-0.39, 0.29) is 5.41 Å². The number of thiophene rings is 1. The highest BCUT2D eigenvalue weighted by Crippen LogP contribution is 2.37. The Hall–Kier alpha value is 0.1000. The Morgan fingerprint density at radius 2 is 2.21 bits per heavy atom. The molecule has 0 bridgehead atoms. The zero-order chi connectivity index (χ0) is 10.8. The maximum atomic E-state index is 10.1. The molecule has 0 aliphatic heterocycles. The molecule has 0 saturated heterocycles. The first kappa shape index (κ1) is 12.2. The summed E-state index contributed by atoms with van der Waals surface area (Å²) in [6.45, 7) is 4.91. The fraction of sp³-hybridized carbons (Fsp3) is 0.600. The summed E-state index contributed by atoms with van der Waals surface area (Å²) in [5, 5.41) is 13.2. The van der Waals surface area contributed by atoms with E-state index in [2.05, 4.69) is 35.1 Å². The highest BCUT2D eigenvalue weighted by Gasteiger charge is 2.29. The summed E-state index contributed by atoms with van der Waals surface area (Å²) >= 11 is 4.99. The molecule has 2 nitrogen and oxygen atoms in total. The van der Waals surface area contributed by atoms with Crippen LogP contribution in [0.3, 0.4) is 0 Å². The van der Waals surface area contributed by atoms with Gasteiger partial charge in [-0.3, -0.25) is 0 Å². The first-order valence-corrected chi connectivity index (χ1v) is 6.16. The van der Waals surface area contributed by atoms with E-state index in [1.54, 1.807) is 11.3 Å². The van der Waals surface area contributed by atoms with E-state index < -0.39 is 6.10 Å². The van der Waals surface area contributed by atoms with Crippen molar-refractivity contribution < 1.29 is 5.11 Å². The average molecular weight is 278 g/mol. The molecular formula is C10H16BrNOS. The average Bonchev–Trinajstić information content (AvgIpc) is 2.50. The van der Waals surface area contributed by atoms with Crippen LogP contribution < -0.4 is 5.32 Å². The molecule has 0 aliphatic rings. The Balaban J connectivity index is 2.78. The molecule has 14 heavy (non-hydrogen) atoms. The van der Waals surface area contributed by atoms with Crippen LogP contribution in [0.1, 0.15) is 24.8 Å². The zero-order valence-electron chi connectivity index (χ0n) is 8.67. The van der Waals surface area contributed by atoms with Gasteiger partial charge in [0, 0.05) is 16.8 Å². The monoisotopic (exact) mass is 277 g/mol. The predicted molar refractivity (Wildman–Crippen MR) is 64.7 cm³/mol. The van der Waals surface area contributed by atoms with Crippen molar-refractivity contribution >= 4 is 27.3 Å². The normalized spacial score (nSPS) is 14.4. The van der Waals surface area contributed by atoms with Gasteiger partial charge in [-0.15, -0.1) is 11.3 Å². The van der Waals surface area contributed by atoms with Crippen LogP contribution in [0.15, 0.2) is 15.9 Å². The topological polar surface area (TPSA) is 32.3 Å². The molecule has 0 aliphatic carbocycles. The molecular weight excluding hydrogens is 262 g/mol. The van der Waals surface area contributed by atoms with Gasteiger partial charge in [0.25, 0.3) is 0 Å². The number of hydrogen-bond acceptors (Lipinski definition) is 3. The lowest BCUT2D eigenvalue weighted by Crippen LogP contribution is -2.32. The molecule has 1 aromatic rings. The molecule has 2 N–H and O–H groups in total. The second kappa shape index (κ2) is 4.75. The Labute approximate surface area is 97.5 Å². The number of halogens is 1. The van der Waals surface area contributed by atoms with E-state index in [4.69, 9.17) is 0 Å². The van der Waals surface area contributed by atoms with Gasteiger partial charge < -0.3 is 10.4 Å². The predicted octanol–water partition coefficient (Wildman–Crippen LogP) is 2.79. The van der Waals surface area contributed by atoms with Gasteiger partial charge in [0.1, 0.15) is 0 Å². The summed E-state index contributed by atoms with van der Waals surface area (Å²) in [5.74, 6) is 0. The molecule has 1 heterocycles. The molecule has 0 spiro atoms. The van der Waals surface area contributed by atoms with Crippen LogP contribution in [0.5, 0.6) is 0 Å². The Morgan fingerprint density at radius 3 is 2.64 bits per heavy atom. The molecule has 80 valence electrons. The van der Waals surface area contributed by atoms with Gasteiger partial charge in [-0.25, -0.2) is 0 Å². The highest BCUT2D eigenvalue weighted by atomic mass is 79.9. The molecule has 0 amide bonds. The van der Waals surface area contributed by atoms with Gasteiger partial charge in [0.15, 0.2) is 0 Å². The fourth-order valence-corrected chi connectivity index (χ4v) is 3.03. The van der Waals surface area contributed by atoms with E-state index in [1.165, 1.54) is 0 Å². The third-order valence-electron chi connectivity index (χ3n) is 2.24.